The van der Waals surface area contributed by atoms with Crippen molar-refractivity contribution in [3.05, 3.63) is 22.0 Å². The molecule has 0 atom stereocenters. The minimum atomic E-state index is -0.0947. The van der Waals surface area contributed by atoms with Crippen LogP contribution in [0.15, 0.2) is 0 Å². The number of rotatable bonds is 1. The summed E-state index contributed by atoms with van der Waals surface area (Å²) >= 11 is 1.46. The van der Waals surface area contributed by atoms with E-state index in [0.29, 0.717) is 0 Å². The zero-order valence-corrected chi connectivity index (χ0v) is 14.0. The molecule has 0 fully saturated rings. The first-order valence-corrected chi connectivity index (χ1v) is 7.44. The first-order chi connectivity index (χ1) is 9.12. The van der Waals surface area contributed by atoms with Crippen LogP contribution in [-0.4, -0.2) is 34.9 Å². The van der Waals surface area contributed by atoms with Crippen LogP contribution in [0, 0.1) is 13.8 Å². The molecule has 0 aliphatic heterocycles. The monoisotopic (exact) mass is 291 g/mol. The van der Waals surface area contributed by atoms with E-state index in [1.807, 2.05) is 13.8 Å². The van der Waals surface area contributed by atoms with E-state index in [0.717, 1.165) is 32.2 Å². The molecule has 2 rings (SSSR count). The maximum Gasteiger partial charge on any atom is 0.263 e. The van der Waals surface area contributed by atoms with E-state index < -0.39 is 0 Å². The predicted molar refractivity (Wildman–Crippen MR) is 83.6 cm³/mol. The summed E-state index contributed by atoms with van der Waals surface area (Å²) in [6.07, 6.45) is 0. The molecule has 0 spiro atoms. The normalized spacial score (nSPS) is 11.9. The summed E-state index contributed by atoms with van der Waals surface area (Å²) in [7, 11) is 3.54. The van der Waals surface area contributed by atoms with E-state index >= 15 is 0 Å². The van der Waals surface area contributed by atoms with Crippen LogP contribution in [0.5, 0.6) is 0 Å². The van der Waals surface area contributed by atoms with Crippen molar-refractivity contribution in [3.8, 4) is 0 Å². The number of amides is 1. The lowest BCUT2D eigenvalue weighted by atomic mass is 9.95. The molecular formula is C15H21N3OS. The van der Waals surface area contributed by atoms with Crippen molar-refractivity contribution in [1.29, 1.82) is 0 Å². The van der Waals surface area contributed by atoms with Gasteiger partial charge >= 0.3 is 0 Å². The van der Waals surface area contributed by atoms with Gasteiger partial charge < -0.3 is 4.90 Å². The molecule has 0 unspecified atom stereocenters. The van der Waals surface area contributed by atoms with Gasteiger partial charge in [-0.3, -0.25) is 4.79 Å². The molecule has 0 bridgehead atoms. The predicted octanol–water partition coefficient (Wildman–Crippen LogP) is 3.31. The molecule has 0 saturated carbocycles. The van der Waals surface area contributed by atoms with Gasteiger partial charge in [-0.05, 0) is 19.4 Å². The van der Waals surface area contributed by atoms with Crippen LogP contribution < -0.4 is 0 Å². The molecule has 2 aromatic heterocycles. The number of aryl methyl sites for hydroxylation is 2. The van der Waals surface area contributed by atoms with Gasteiger partial charge in [0.1, 0.15) is 10.7 Å². The fraction of sp³-hybridized carbons (Fsp3) is 0.533. The van der Waals surface area contributed by atoms with Crippen LogP contribution >= 0.6 is 11.3 Å². The molecule has 0 saturated heterocycles. The zero-order valence-electron chi connectivity index (χ0n) is 13.2. The molecule has 0 aliphatic rings. The Labute approximate surface area is 123 Å². The van der Waals surface area contributed by atoms with Gasteiger partial charge in [-0.25, -0.2) is 9.97 Å². The van der Waals surface area contributed by atoms with Gasteiger partial charge in [-0.2, -0.15) is 0 Å². The largest absolute Gasteiger partial charge is 0.344 e. The van der Waals surface area contributed by atoms with Crippen molar-refractivity contribution in [2.45, 2.75) is 40.0 Å². The Morgan fingerprint density at radius 2 is 1.75 bits per heavy atom. The molecule has 0 aromatic carbocycles. The number of nitrogens with zero attached hydrogens (tertiary/aromatic N) is 3. The van der Waals surface area contributed by atoms with Gasteiger partial charge in [0.15, 0.2) is 0 Å². The molecule has 1 amide bonds. The first-order valence-electron chi connectivity index (χ1n) is 6.62. The highest BCUT2D eigenvalue weighted by Gasteiger charge is 2.23. The van der Waals surface area contributed by atoms with Gasteiger partial charge in [0, 0.05) is 24.9 Å². The lowest BCUT2D eigenvalue weighted by Crippen LogP contribution is -2.21. The first kappa shape index (κ1) is 14.9. The molecule has 108 valence electrons. The highest BCUT2D eigenvalue weighted by atomic mass is 32.1. The summed E-state index contributed by atoms with van der Waals surface area (Å²) in [5, 5.41) is 1.02. The smallest absolute Gasteiger partial charge is 0.263 e. The van der Waals surface area contributed by atoms with Crippen molar-refractivity contribution < 1.29 is 4.79 Å². The minimum Gasteiger partial charge on any atom is -0.344 e. The van der Waals surface area contributed by atoms with Crippen LogP contribution in [0.2, 0.25) is 0 Å². The van der Waals surface area contributed by atoms with Crippen molar-refractivity contribution in [3.63, 3.8) is 0 Å². The molecular weight excluding hydrogens is 270 g/mol. The summed E-state index contributed by atoms with van der Waals surface area (Å²) < 4.78 is 0. The minimum absolute atomic E-state index is 0.0298. The van der Waals surface area contributed by atoms with Gasteiger partial charge in [-0.15, -0.1) is 11.3 Å². The maximum absolute atomic E-state index is 12.2. The van der Waals surface area contributed by atoms with Crippen molar-refractivity contribution in [2.75, 3.05) is 14.1 Å². The molecule has 0 aliphatic carbocycles. The van der Waals surface area contributed by atoms with Gasteiger partial charge in [0.2, 0.25) is 0 Å². The average molecular weight is 291 g/mol. The standard InChI is InChI=1S/C15H21N3OS/c1-8-10-9(2)16-14(15(3,4)5)17-12(10)20-11(8)13(19)18(6)7/h1-7H3. The van der Waals surface area contributed by atoms with Gasteiger partial charge in [-0.1, -0.05) is 20.8 Å². The molecule has 0 N–H and O–H groups in total. The molecule has 2 heterocycles. The lowest BCUT2D eigenvalue weighted by molar-refractivity contribution is 0.0831. The van der Waals surface area contributed by atoms with Crippen molar-refractivity contribution in [2.24, 2.45) is 0 Å². The number of fused-ring (bicyclic) bond motifs is 1. The number of carbonyl (C=O) groups excluding carboxylic acids is 1. The molecule has 4 nitrogen and oxygen atoms in total. The second-order valence-corrected chi connectivity index (χ2v) is 7.32. The summed E-state index contributed by atoms with van der Waals surface area (Å²) in [4.78, 5) is 24.8. The quantitative estimate of drug-likeness (QED) is 0.810. The Hall–Kier alpha value is -1.49. The number of thiophene rings is 1. The third-order valence-electron chi connectivity index (χ3n) is 3.24. The van der Waals surface area contributed by atoms with Crippen LogP contribution in [0.25, 0.3) is 10.2 Å². The third kappa shape index (κ3) is 2.42. The van der Waals surface area contributed by atoms with E-state index in [1.165, 1.54) is 11.3 Å². The maximum atomic E-state index is 12.2. The third-order valence-corrected chi connectivity index (χ3v) is 4.42. The fourth-order valence-corrected chi connectivity index (χ4v) is 3.33. The fourth-order valence-electron chi connectivity index (χ4n) is 2.08. The topological polar surface area (TPSA) is 46.1 Å². The van der Waals surface area contributed by atoms with Crippen LogP contribution in [-0.2, 0) is 5.41 Å². The molecule has 0 radical (unpaired) electrons. The number of hydrogen-bond donors (Lipinski definition) is 0. The lowest BCUT2D eigenvalue weighted by Gasteiger charge is -2.16. The number of carbonyl (C=O) groups is 1. The Morgan fingerprint density at radius 3 is 2.25 bits per heavy atom. The van der Waals surface area contributed by atoms with Crippen LogP contribution in [0.1, 0.15) is 47.5 Å². The molecule has 2 aromatic rings. The van der Waals surface area contributed by atoms with E-state index in [-0.39, 0.29) is 11.3 Å². The Morgan fingerprint density at radius 1 is 1.15 bits per heavy atom. The van der Waals surface area contributed by atoms with Crippen molar-refractivity contribution in [1.82, 2.24) is 14.9 Å². The number of hydrogen-bond acceptors (Lipinski definition) is 4. The van der Waals surface area contributed by atoms with Crippen LogP contribution in [0.4, 0.5) is 0 Å². The summed E-state index contributed by atoms with van der Waals surface area (Å²) in [5.41, 5.74) is 1.84. The molecule has 5 heteroatoms. The molecule has 20 heavy (non-hydrogen) atoms. The van der Waals surface area contributed by atoms with E-state index in [1.54, 1.807) is 19.0 Å². The van der Waals surface area contributed by atoms with E-state index in [4.69, 9.17) is 0 Å². The summed E-state index contributed by atoms with van der Waals surface area (Å²) in [5.74, 6) is 0.856. The second-order valence-electron chi connectivity index (χ2n) is 6.32. The summed E-state index contributed by atoms with van der Waals surface area (Å²) in [6.45, 7) is 10.3. The van der Waals surface area contributed by atoms with Gasteiger partial charge in [0.05, 0.1) is 10.6 Å². The average Bonchev–Trinajstić information content (AvgIpc) is 2.64. The van der Waals surface area contributed by atoms with Crippen molar-refractivity contribution >= 4 is 27.5 Å². The van der Waals surface area contributed by atoms with Gasteiger partial charge in [0.25, 0.3) is 5.91 Å². The van der Waals surface area contributed by atoms with E-state index in [9.17, 15) is 4.79 Å². The second kappa shape index (κ2) is 4.81. The highest BCUT2D eigenvalue weighted by molar-refractivity contribution is 7.20. The number of aromatic nitrogens is 2. The summed E-state index contributed by atoms with van der Waals surface area (Å²) in [6, 6.07) is 0. The van der Waals surface area contributed by atoms with Crippen LogP contribution in [0.3, 0.4) is 0 Å². The zero-order chi connectivity index (χ0) is 15.2. The Balaban J connectivity index is 2.72. The highest BCUT2D eigenvalue weighted by Crippen LogP contribution is 2.33. The Kier molecular flexibility index (Phi) is 3.58. The Bertz CT molecular complexity index is 680. The van der Waals surface area contributed by atoms with E-state index in [2.05, 4.69) is 30.7 Å². The SMILES string of the molecule is Cc1nc(C(C)(C)C)nc2sc(C(=O)N(C)C)c(C)c12.